The molecule has 0 aliphatic carbocycles. The maximum absolute atomic E-state index is 9.97. The van der Waals surface area contributed by atoms with Gasteiger partial charge in [-0.3, -0.25) is 4.98 Å². The summed E-state index contributed by atoms with van der Waals surface area (Å²) < 4.78 is 0. The number of benzene rings is 2. The summed E-state index contributed by atoms with van der Waals surface area (Å²) in [7, 11) is 2.12. The van der Waals surface area contributed by atoms with Crippen molar-refractivity contribution >= 4 is 33.2 Å². The number of nitrogen functional groups attached to an aromatic ring is 1. The van der Waals surface area contributed by atoms with Crippen molar-refractivity contribution in [3.05, 3.63) is 66.5 Å². The number of aromatic nitrogens is 2. The lowest BCUT2D eigenvalue weighted by atomic mass is 10.1. The van der Waals surface area contributed by atoms with Crippen LogP contribution >= 0.6 is 0 Å². The van der Waals surface area contributed by atoms with Crippen LogP contribution in [0.4, 0.5) is 11.4 Å². The number of rotatable bonds is 7. The van der Waals surface area contributed by atoms with Crippen molar-refractivity contribution in [2.24, 2.45) is 0 Å². The lowest BCUT2D eigenvalue weighted by molar-refractivity contribution is 0.325. The Balaban J connectivity index is 1.49. The molecule has 0 spiro atoms. The first-order chi connectivity index (χ1) is 14.1. The molecule has 0 aliphatic heterocycles. The molecule has 2 aromatic heterocycles. The fourth-order valence-electron chi connectivity index (χ4n) is 3.58. The molecule has 148 valence electrons. The second-order valence-electron chi connectivity index (χ2n) is 7.34. The van der Waals surface area contributed by atoms with Crippen molar-refractivity contribution in [3.63, 3.8) is 0 Å². The number of hydrogen-bond acceptors (Lipinski definition) is 6. The number of fused-ring (bicyclic) bond motifs is 2. The van der Waals surface area contributed by atoms with Gasteiger partial charge in [-0.05, 0) is 74.1 Å². The van der Waals surface area contributed by atoms with Gasteiger partial charge < -0.3 is 21.1 Å². The van der Waals surface area contributed by atoms with E-state index < -0.39 is 0 Å². The number of nitrogens with one attached hydrogen (secondary N) is 1. The maximum Gasteiger partial charge on any atom is 0.116 e. The monoisotopic (exact) mass is 387 g/mol. The number of phenolic OH excluding ortho intramolecular Hbond substituents is 1. The van der Waals surface area contributed by atoms with Crippen LogP contribution in [0.1, 0.15) is 12.0 Å². The van der Waals surface area contributed by atoms with Crippen LogP contribution in [0.2, 0.25) is 0 Å². The standard InChI is InChI=1S/C23H25N5O/c1-28(15-16-7-10-25-11-8-16)12-2-9-26-23-19-5-3-17(24)13-22(19)27-21-6-4-18(29)14-20(21)23/h3-8,10-11,13-14,29H,2,9,12,15,24H2,1H3,(H,26,27). The topological polar surface area (TPSA) is 87.3 Å². The fraction of sp³-hybridized carbons (Fsp3) is 0.217. The number of anilines is 2. The lowest BCUT2D eigenvalue weighted by Gasteiger charge is -2.18. The molecular formula is C23H25N5O. The Bertz CT molecular complexity index is 1130. The Kier molecular flexibility index (Phi) is 5.44. The first-order valence-electron chi connectivity index (χ1n) is 9.73. The van der Waals surface area contributed by atoms with Crippen LogP contribution in [0.15, 0.2) is 60.9 Å². The Hall–Kier alpha value is -3.38. The number of aromatic hydroxyl groups is 1. The van der Waals surface area contributed by atoms with Crippen LogP contribution in [0.3, 0.4) is 0 Å². The van der Waals surface area contributed by atoms with E-state index in [0.717, 1.165) is 53.5 Å². The van der Waals surface area contributed by atoms with Gasteiger partial charge >= 0.3 is 0 Å². The van der Waals surface area contributed by atoms with Crippen molar-refractivity contribution in [2.75, 3.05) is 31.2 Å². The van der Waals surface area contributed by atoms with E-state index in [1.54, 1.807) is 12.1 Å². The third-order valence-electron chi connectivity index (χ3n) is 5.00. The van der Waals surface area contributed by atoms with Crippen LogP contribution in [-0.2, 0) is 6.54 Å². The zero-order valence-electron chi connectivity index (χ0n) is 16.5. The summed E-state index contributed by atoms with van der Waals surface area (Å²) in [4.78, 5) is 11.1. The predicted octanol–water partition coefficient (Wildman–Crippen LogP) is 4.00. The van der Waals surface area contributed by atoms with Gasteiger partial charge in [0.1, 0.15) is 5.75 Å². The largest absolute Gasteiger partial charge is 0.508 e. The first-order valence-corrected chi connectivity index (χ1v) is 9.73. The van der Waals surface area contributed by atoms with E-state index in [9.17, 15) is 5.11 Å². The van der Waals surface area contributed by atoms with Crippen molar-refractivity contribution in [2.45, 2.75) is 13.0 Å². The third kappa shape index (κ3) is 4.38. The zero-order chi connectivity index (χ0) is 20.2. The molecule has 0 bridgehead atoms. The van der Waals surface area contributed by atoms with Crippen molar-refractivity contribution < 1.29 is 5.11 Å². The average molecular weight is 387 g/mol. The molecule has 0 atom stereocenters. The summed E-state index contributed by atoms with van der Waals surface area (Å²) in [5.41, 5.74) is 10.6. The summed E-state index contributed by atoms with van der Waals surface area (Å²) in [5, 5.41) is 15.4. The molecule has 0 saturated heterocycles. The number of pyridine rings is 2. The molecule has 6 nitrogen and oxygen atoms in total. The number of phenols is 1. The molecular weight excluding hydrogens is 362 g/mol. The number of nitrogens with two attached hydrogens (primary N) is 1. The van der Waals surface area contributed by atoms with Crippen LogP contribution in [0.25, 0.3) is 21.8 Å². The van der Waals surface area contributed by atoms with Crippen molar-refractivity contribution in [1.82, 2.24) is 14.9 Å². The fourth-order valence-corrected chi connectivity index (χ4v) is 3.58. The van der Waals surface area contributed by atoms with Gasteiger partial charge in [0.25, 0.3) is 0 Å². The van der Waals surface area contributed by atoms with Crippen LogP contribution in [0, 0.1) is 0 Å². The van der Waals surface area contributed by atoms with Gasteiger partial charge in [0.15, 0.2) is 0 Å². The predicted molar refractivity (Wildman–Crippen MR) is 119 cm³/mol. The van der Waals surface area contributed by atoms with Gasteiger partial charge in [0.2, 0.25) is 0 Å². The minimum absolute atomic E-state index is 0.231. The summed E-state index contributed by atoms with van der Waals surface area (Å²) in [6.07, 6.45) is 4.64. The smallest absolute Gasteiger partial charge is 0.116 e. The molecule has 6 heteroatoms. The molecule has 29 heavy (non-hydrogen) atoms. The molecule has 4 aromatic rings. The zero-order valence-corrected chi connectivity index (χ0v) is 16.5. The molecule has 0 unspecified atom stereocenters. The molecule has 2 heterocycles. The van der Waals surface area contributed by atoms with Gasteiger partial charge in [-0.25, -0.2) is 4.98 Å². The Labute approximate surface area is 170 Å². The molecule has 0 amide bonds. The molecule has 2 aromatic carbocycles. The summed E-state index contributed by atoms with van der Waals surface area (Å²) in [6.45, 7) is 2.68. The summed E-state index contributed by atoms with van der Waals surface area (Å²) >= 11 is 0. The highest BCUT2D eigenvalue weighted by molar-refractivity contribution is 6.08. The number of hydrogen-bond donors (Lipinski definition) is 3. The van der Waals surface area contributed by atoms with E-state index >= 15 is 0 Å². The van der Waals surface area contributed by atoms with Gasteiger partial charge in [-0.15, -0.1) is 0 Å². The highest BCUT2D eigenvalue weighted by Crippen LogP contribution is 2.33. The van der Waals surface area contributed by atoms with Gasteiger partial charge in [0, 0.05) is 41.9 Å². The Morgan fingerprint density at radius 3 is 2.66 bits per heavy atom. The normalized spacial score (nSPS) is 11.4. The van der Waals surface area contributed by atoms with Gasteiger partial charge in [-0.1, -0.05) is 0 Å². The van der Waals surface area contributed by atoms with E-state index in [0.29, 0.717) is 5.69 Å². The van der Waals surface area contributed by atoms with Gasteiger partial charge in [0.05, 0.1) is 16.7 Å². The van der Waals surface area contributed by atoms with Crippen LogP contribution in [0.5, 0.6) is 5.75 Å². The quantitative estimate of drug-likeness (QED) is 0.252. The Morgan fingerprint density at radius 1 is 1.00 bits per heavy atom. The summed E-state index contributed by atoms with van der Waals surface area (Å²) in [5.74, 6) is 0.231. The average Bonchev–Trinajstić information content (AvgIpc) is 2.71. The van der Waals surface area contributed by atoms with Crippen molar-refractivity contribution in [1.29, 1.82) is 0 Å². The van der Waals surface area contributed by atoms with Crippen molar-refractivity contribution in [3.8, 4) is 5.75 Å². The molecule has 0 fully saturated rings. The highest BCUT2D eigenvalue weighted by atomic mass is 16.3. The second kappa shape index (κ2) is 8.32. The highest BCUT2D eigenvalue weighted by Gasteiger charge is 2.10. The second-order valence-corrected chi connectivity index (χ2v) is 7.34. The van der Waals surface area contributed by atoms with E-state index in [1.807, 2.05) is 48.8 Å². The first kappa shape index (κ1) is 19.0. The van der Waals surface area contributed by atoms with E-state index in [4.69, 9.17) is 10.7 Å². The van der Waals surface area contributed by atoms with E-state index in [-0.39, 0.29) is 5.75 Å². The molecule has 0 aliphatic rings. The van der Waals surface area contributed by atoms with E-state index in [2.05, 4.69) is 22.2 Å². The SMILES string of the molecule is CN(CCCNc1c2ccc(N)cc2nc2ccc(O)cc12)Cc1ccncc1. The summed E-state index contributed by atoms with van der Waals surface area (Å²) in [6, 6.07) is 15.1. The number of nitrogens with zero attached hydrogens (tertiary/aromatic N) is 3. The van der Waals surface area contributed by atoms with E-state index in [1.165, 1.54) is 5.56 Å². The third-order valence-corrected chi connectivity index (χ3v) is 5.00. The molecule has 0 radical (unpaired) electrons. The van der Waals surface area contributed by atoms with Crippen LogP contribution < -0.4 is 11.1 Å². The lowest BCUT2D eigenvalue weighted by Crippen LogP contribution is -2.21. The molecule has 4 N–H and O–H groups in total. The molecule has 0 saturated carbocycles. The molecule has 4 rings (SSSR count). The minimum atomic E-state index is 0.231. The maximum atomic E-state index is 9.97. The Morgan fingerprint density at radius 2 is 1.83 bits per heavy atom. The van der Waals surface area contributed by atoms with Crippen LogP contribution in [-0.4, -0.2) is 40.1 Å². The van der Waals surface area contributed by atoms with Gasteiger partial charge in [-0.2, -0.15) is 0 Å². The minimum Gasteiger partial charge on any atom is -0.508 e.